The summed E-state index contributed by atoms with van der Waals surface area (Å²) in [6, 6.07) is 16.2. The number of aromatic nitrogens is 1. The van der Waals surface area contributed by atoms with Crippen LogP contribution < -0.4 is 4.74 Å². The van der Waals surface area contributed by atoms with Crippen molar-refractivity contribution in [1.82, 2.24) is 5.16 Å². The minimum Gasteiger partial charge on any atom is -0.487 e. The van der Waals surface area contributed by atoms with Crippen LogP contribution in [0.2, 0.25) is 5.02 Å². The van der Waals surface area contributed by atoms with Crippen LogP contribution in [-0.4, -0.2) is 16.2 Å². The van der Waals surface area contributed by atoms with E-state index in [0.29, 0.717) is 28.6 Å². The van der Waals surface area contributed by atoms with Crippen LogP contribution in [0.1, 0.15) is 16.1 Å². The predicted octanol–water partition coefficient (Wildman–Crippen LogP) is 4.27. The fraction of sp³-hybridized carbons (Fsp3) is 0.0588. The molecule has 3 rings (SSSR count). The van der Waals surface area contributed by atoms with E-state index in [1.54, 1.807) is 18.2 Å². The summed E-state index contributed by atoms with van der Waals surface area (Å²) in [5, 5.41) is 13.0. The van der Waals surface area contributed by atoms with Crippen molar-refractivity contribution >= 4 is 17.6 Å². The van der Waals surface area contributed by atoms with E-state index < -0.39 is 5.97 Å². The maximum absolute atomic E-state index is 10.8. The molecule has 0 aliphatic heterocycles. The largest absolute Gasteiger partial charge is 0.487 e. The zero-order valence-electron chi connectivity index (χ0n) is 11.9. The van der Waals surface area contributed by atoms with Gasteiger partial charge in [-0.1, -0.05) is 47.1 Å². The molecule has 6 heteroatoms. The molecule has 0 fully saturated rings. The standard InChI is InChI=1S/C17H12ClNO4/c18-13-8-12(14-9-16(17(20)21)23-19-14)6-7-15(13)22-10-11-4-2-1-3-5-11/h1-9H,10H2,(H,20,21). The molecule has 0 radical (unpaired) electrons. The number of carboxylic acid groups (broad SMARTS) is 1. The summed E-state index contributed by atoms with van der Waals surface area (Å²) >= 11 is 6.22. The summed E-state index contributed by atoms with van der Waals surface area (Å²) in [5.41, 5.74) is 2.09. The van der Waals surface area contributed by atoms with E-state index in [1.807, 2.05) is 30.3 Å². The van der Waals surface area contributed by atoms with Crippen LogP contribution in [0, 0.1) is 0 Å². The van der Waals surface area contributed by atoms with Gasteiger partial charge < -0.3 is 14.4 Å². The number of carbonyl (C=O) groups is 1. The first-order valence-corrected chi connectivity index (χ1v) is 7.18. The number of halogens is 1. The van der Waals surface area contributed by atoms with Gasteiger partial charge in [0.2, 0.25) is 5.76 Å². The lowest BCUT2D eigenvalue weighted by Gasteiger charge is -2.09. The molecule has 0 saturated carbocycles. The van der Waals surface area contributed by atoms with Crippen molar-refractivity contribution in [2.45, 2.75) is 6.61 Å². The fourth-order valence-corrected chi connectivity index (χ4v) is 2.26. The second-order valence-electron chi connectivity index (χ2n) is 4.80. The van der Waals surface area contributed by atoms with Crippen LogP contribution in [0.3, 0.4) is 0 Å². The highest BCUT2D eigenvalue weighted by atomic mass is 35.5. The summed E-state index contributed by atoms with van der Waals surface area (Å²) in [6.45, 7) is 0.410. The second-order valence-corrected chi connectivity index (χ2v) is 5.21. The van der Waals surface area contributed by atoms with Crippen LogP contribution in [0.15, 0.2) is 59.1 Å². The average Bonchev–Trinajstić information content (AvgIpc) is 3.05. The zero-order valence-corrected chi connectivity index (χ0v) is 12.7. The minimum absolute atomic E-state index is 0.222. The number of aromatic carboxylic acids is 1. The Labute approximate surface area is 137 Å². The van der Waals surface area contributed by atoms with E-state index in [1.165, 1.54) is 6.07 Å². The Morgan fingerprint density at radius 3 is 2.61 bits per heavy atom. The highest BCUT2D eigenvalue weighted by Gasteiger charge is 2.13. The van der Waals surface area contributed by atoms with Crippen molar-refractivity contribution in [3.63, 3.8) is 0 Å². The van der Waals surface area contributed by atoms with Crippen LogP contribution in [0.5, 0.6) is 5.75 Å². The molecule has 0 atom stereocenters. The number of ether oxygens (including phenoxy) is 1. The van der Waals surface area contributed by atoms with E-state index in [-0.39, 0.29) is 5.76 Å². The van der Waals surface area contributed by atoms with Gasteiger partial charge in [-0.15, -0.1) is 0 Å². The van der Waals surface area contributed by atoms with Gasteiger partial charge in [-0.2, -0.15) is 0 Å². The lowest BCUT2D eigenvalue weighted by atomic mass is 10.1. The summed E-state index contributed by atoms with van der Waals surface area (Å²) in [7, 11) is 0. The quantitative estimate of drug-likeness (QED) is 0.756. The highest BCUT2D eigenvalue weighted by Crippen LogP contribution is 2.30. The lowest BCUT2D eigenvalue weighted by Crippen LogP contribution is -1.95. The van der Waals surface area contributed by atoms with E-state index in [4.69, 9.17) is 26.0 Å². The van der Waals surface area contributed by atoms with Gasteiger partial charge in [0.05, 0.1) is 5.02 Å². The molecule has 0 amide bonds. The molecule has 5 nitrogen and oxygen atoms in total. The van der Waals surface area contributed by atoms with E-state index >= 15 is 0 Å². The zero-order chi connectivity index (χ0) is 16.2. The molecule has 0 saturated heterocycles. The third kappa shape index (κ3) is 3.52. The molecular weight excluding hydrogens is 318 g/mol. The van der Waals surface area contributed by atoms with Crippen molar-refractivity contribution in [3.8, 4) is 17.0 Å². The molecular formula is C17H12ClNO4. The molecule has 23 heavy (non-hydrogen) atoms. The van der Waals surface area contributed by atoms with Crippen molar-refractivity contribution < 1.29 is 19.2 Å². The van der Waals surface area contributed by atoms with Crippen LogP contribution in [0.25, 0.3) is 11.3 Å². The first kappa shape index (κ1) is 15.1. The number of rotatable bonds is 5. The smallest absolute Gasteiger partial charge is 0.374 e. The second kappa shape index (κ2) is 6.54. The predicted molar refractivity (Wildman–Crippen MR) is 84.7 cm³/mol. The van der Waals surface area contributed by atoms with Crippen LogP contribution >= 0.6 is 11.6 Å². The van der Waals surface area contributed by atoms with Gasteiger partial charge in [0.15, 0.2) is 0 Å². The summed E-state index contributed by atoms with van der Waals surface area (Å²) < 4.78 is 10.4. The van der Waals surface area contributed by atoms with Crippen molar-refractivity contribution in [2.24, 2.45) is 0 Å². The first-order chi connectivity index (χ1) is 11.1. The van der Waals surface area contributed by atoms with E-state index in [9.17, 15) is 4.79 Å². The molecule has 0 aliphatic carbocycles. The summed E-state index contributed by atoms with van der Waals surface area (Å²) in [4.78, 5) is 10.8. The summed E-state index contributed by atoms with van der Waals surface area (Å²) in [6.07, 6.45) is 0. The van der Waals surface area contributed by atoms with Gasteiger partial charge in [0.1, 0.15) is 18.1 Å². The molecule has 0 bridgehead atoms. The topological polar surface area (TPSA) is 72.6 Å². The monoisotopic (exact) mass is 329 g/mol. The normalized spacial score (nSPS) is 10.5. The molecule has 0 aliphatic rings. The first-order valence-electron chi connectivity index (χ1n) is 6.80. The average molecular weight is 330 g/mol. The lowest BCUT2D eigenvalue weighted by molar-refractivity contribution is 0.0652. The number of hydrogen-bond acceptors (Lipinski definition) is 4. The van der Waals surface area contributed by atoms with Crippen molar-refractivity contribution in [3.05, 3.63) is 70.9 Å². The molecule has 1 aromatic heterocycles. The van der Waals surface area contributed by atoms with Gasteiger partial charge >= 0.3 is 5.97 Å². The Bertz CT molecular complexity index is 830. The van der Waals surface area contributed by atoms with Gasteiger partial charge in [-0.05, 0) is 23.8 Å². The highest BCUT2D eigenvalue weighted by molar-refractivity contribution is 6.32. The molecule has 0 spiro atoms. The van der Waals surface area contributed by atoms with E-state index in [0.717, 1.165) is 5.56 Å². The molecule has 3 aromatic rings. The third-order valence-corrected chi connectivity index (χ3v) is 3.48. The molecule has 0 unspecified atom stereocenters. The van der Waals surface area contributed by atoms with Crippen LogP contribution in [-0.2, 0) is 6.61 Å². The Balaban J connectivity index is 1.76. The number of carboxylic acids is 1. The Hall–Kier alpha value is -2.79. The maximum atomic E-state index is 10.8. The Morgan fingerprint density at radius 1 is 1.17 bits per heavy atom. The fourth-order valence-electron chi connectivity index (χ4n) is 2.02. The molecule has 1 N–H and O–H groups in total. The maximum Gasteiger partial charge on any atom is 0.374 e. The third-order valence-electron chi connectivity index (χ3n) is 3.19. The van der Waals surface area contributed by atoms with Crippen molar-refractivity contribution in [2.75, 3.05) is 0 Å². The Morgan fingerprint density at radius 2 is 1.96 bits per heavy atom. The number of benzene rings is 2. The number of hydrogen-bond donors (Lipinski definition) is 1. The van der Waals surface area contributed by atoms with Gasteiger partial charge in [-0.25, -0.2) is 4.79 Å². The van der Waals surface area contributed by atoms with Gasteiger partial charge in [0, 0.05) is 11.6 Å². The Kier molecular flexibility index (Phi) is 4.30. The van der Waals surface area contributed by atoms with Gasteiger partial charge in [0.25, 0.3) is 0 Å². The molecule has 2 aromatic carbocycles. The van der Waals surface area contributed by atoms with E-state index in [2.05, 4.69) is 5.16 Å². The minimum atomic E-state index is -1.17. The molecule has 116 valence electrons. The van der Waals surface area contributed by atoms with Gasteiger partial charge in [-0.3, -0.25) is 0 Å². The SMILES string of the molecule is O=C(O)c1cc(-c2ccc(OCc3ccccc3)c(Cl)c2)no1. The van der Waals surface area contributed by atoms with Crippen molar-refractivity contribution in [1.29, 1.82) is 0 Å². The summed E-state index contributed by atoms with van der Waals surface area (Å²) in [5.74, 6) is -0.848. The van der Waals surface area contributed by atoms with Crippen LogP contribution in [0.4, 0.5) is 0 Å². The number of nitrogens with zero attached hydrogens (tertiary/aromatic N) is 1. The molecule has 1 heterocycles.